The molecule has 0 aliphatic carbocycles. The van der Waals surface area contributed by atoms with Gasteiger partial charge in [-0.1, -0.05) is 37.9 Å². The monoisotopic (exact) mass is 335 g/mol. The highest BCUT2D eigenvalue weighted by molar-refractivity contribution is 6.30. The Labute approximate surface area is 139 Å². The van der Waals surface area contributed by atoms with E-state index in [0.717, 1.165) is 0 Å². The summed E-state index contributed by atoms with van der Waals surface area (Å²) in [5, 5.41) is 16.5. The van der Waals surface area contributed by atoms with Crippen LogP contribution in [0.1, 0.15) is 30.8 Å². The Hall–Kier alpha value is -2.34. The zero-order valence-corrected chi connectivity index (χ0v) is 13.6. The number of hydrogen-bond donors (Lipinski definition) is 2. The predicted molar refractivity (Wildman–Crippen MR) is 86.9 cm³/mol. The first-order valence-electron chi connectivity index (χ1n) is 7.27. The third-order valence-electron chi connectivity index (χ3n) is 3.66. The molecule has 0 bridgehead atoms. The van der Waals surface area contributed by atoms with E-state index >= 15 is 0 Å². The van der Waals surface area contributed by atoms with E-state index in [1.807, 2.05) is 6.92 Å². The SMILES string of the molecule is CCC(C)C(NC(=O)c1ccn(-c2cccc(Cl)c2)n1)C(=O)O. The van der Waals surface area contributed by atoms with Gasteiger partial charge < -0.3 is 10.4 Å². The molecule has 1 heterocycles. The fourth-order valence-corrected chi connectivity index (χ4v) is 2.29. The van der Waals surface area contributed by atoms with Crippen LogP contribution in [0.3, 0.4) is 0 Å². The van der Waals surface area contributed by atoms with Crippen molar-refractivity contribution < 1.29 is 14.7 Å². The highest BCUT2D eigenvalue weighted by Crippen LogP contribution is 2.15. The minimum Gasteiger partial charge on any atom is -0.480 e. The lowest BCUT2D eigenvalue weighted by Crippen LogP contribution is -2.45. The van der Waals surface area contributed by atoms with E-state index in [9.17, 15) is 14.7 Å². The Morgan fingerprint density at radius 2 is 2.13 bits per heavy atom. The Kier molecular flexibility index (Phi) is 5.39. The van der Waals surface area contributed by atoms with E-state index in [2.05, 4.69) is 10.4 Å². The summed E-state index contributed by atoms with van der Waals surface area (Å²) in [5.74, 6) is -1.74. The van der Waals surface area contributed by atoms with Crippen LogP contribution in [0.2, 0.25) is 5.02 Å². The first-order valence-corrected chi connectivity index (χ1v) is 7.65. The van der Waals surface area contributed by atoms with Gasteiger partial charge in [0.15, 0.2) is 5.69 Å². The average Bonchev–Trinajstić information content (AvgIpc) is 3.01. The highest BCUT2D eigenvalue weighted by atomic mass is 35.5. The number of aliphatic carboxylic acids is 1. The number of hydrogen-bond acceptors (Lipinski definition) is 3. The highest BCUT2D eigenvalue weighted by Gasteiger charge is 2.26. The van der Waals surface area contributed by atoms with Gasteiger partial charge in [0.25, 0.3) is 5.91 Å². The summed E-state index contributed by atoms with van der Waals surface area (Å²) in [4.78, 5) is 23.5. The molecule has 0 aliphatic heterocycles. The lowest BCUT2D eigenvalue weighted by molar-refractivity contribution is -0.140. The van der Waals surface area contributed by atoms with Gasteiger partial charge in [0.1, 0.15) is 6.04 Å². The van der Waals surface area contributed by atoms with Crippen molar-refractivity contribution in [3.05, 3.63) is 47.2 Å². The van der Waals surface area contributed by atoms with Crippen LogP contribution in [0, 0.1) is 5.92 Å². The molecule has 122 valence electrons. The standard InChI is InChI=1S/C16H18ClN3O3/c1-3-10(2)14(16(22)23)18-15(21)13-7-8-20(19-13)12-6-4-5-11(17)9-12/h4-10,14H,3H2,1-2H3,(H,18,21)(H,22,23). The lowest BCUT2D eigenvalue weighted by Gasteiger charge is -2.19. The molecule has 1 aromatic heterocycles. The summed E-state index contributed by atoms with van der Waals surface area (Å²) in [7, 11) is 0. The van der Waals surface area contributed by atoms with Crippen molar-refractivity contribution in [2.24, 2.45) is 5.92 Å². The van der Waals surface area contributed by atoms with Crippen molar-refractivity contribution in [1.82, 2.24) is 15.1 Å². The molecular formula is C16H18ClN3O3. The lowest BCUT2D eigenvalue weighted by atomic mass is 9.99. The van der Waals surface area contributed by atoms with Crippen molar-refractivity contribution in [3.63, 3.8) is 0 Å². The molecule has 0 saturated carbocycles. The number of nitrogens with zero attached hydrogens (tertiary/aromatic N) is 2. The maximum absolute atomic E-state index is 12.2. The van der Waals surface area contributed by atoms with Gasteiger partial charge in [-0.2, -0.15) is 5.10 Å². The van der Waals surface area contributed by atoms with Crippen molar-refractivity contribution in [3.8, 4) is 5.69 Å². The van der Waals surface area contributed by atoms with Crippen LogP contribution in [-0.2, 0) is 4.79 Å². The van der Waals surface area contributed by atoms with E-state index in [-0.39, 0.29) is 11.6 Å². The summed E-state index contributed by atoms with van der Waals surface area (Å²) < 4.78 is 1.51. The Bertz CT molecular complexity index is 714. The van der Waals surface area contributed by atoms with E-state index in [4.69, 9.17) is 11.6 Å². The number of amides is 1. The molecule has 1 amide bonds. The third-order valence-corrected chi connectivity index (χ3v) is 3.90. The number of carboxylic acid groups (broad SMARTS) is 1. The average molecular weight is 336 g/mol. The second-order valence-electron chi connectivity index (χ2n) is 5.30. The van der Waals surface area contributed by atoms with Crippen LogP contribution in [0.25, 0.3) is 5.69 Å². The smallest absolute Gasteiger partial charge is 0.326 e. The normalized spacial score (nSPS) is 13.3. The van der Waals surface area contributed by atoms with Gasteiger partial charge in [-0.15, -0.1) is 0 Å². The molecule has 0 aliphatic rings. The van der Waals surface area contributed by atoms with Gasteiger partial charge in [0.05, 0.1) is 5.69 Å². The first kappa shape index (κ1) is 17.0. The van der Waals surface area contributed by atoms with Crippen LogP contribution in [0.5, 0.6) is 0 Å². The summed E-state index contributed by atoms with van der Waals surface area (Å²) >= 11 is 5.93. The van der Waals surface area contributed by atoms with Crippen molar-refractivity contribution >= 4 is 23.5 Å². The van der Waals surface area contributed by atoms with Crippen molar-refractivity contribution in [2.75, 3.05) is 0 Å². The minimum absolute atomic E-state index is 0.152. The molecular weight excluding hydrogens is 318 g/mol. The Balaban J connectivity index is 2.16. The summed E-state index contributed by atoms with van der Waals surface area (Å²) in [5.41, 5.74) is 0.868. The predicted octanol–water partition coefficient (Wildman–Crippen LogP) is 2.75. The van der Waals surface area contributed by atoms with Gasteiger partial charge >= 0.3 is 5.97 Å². The maximum atomic E-state index is 12.2. The second kappa shape index (κ2) is 7.28. The summed E-state index contributed by atoms with van der Waals surface area (Å²) in [6.45, 7) is 3.66. The molecule has 6 nitrogen and oxygen atoms in total. The van der Waals surface area contributed by atoms with Crippen LogP contribution in [-0.4, -0.2) is 32.8 Å². The molecule has 0 spiro atoms. The van der Waals surface area contributed by atoms with Gasteiger partial charge in [0.2, 0.25) is 0 Å². The number of halogens is 1. The zero-order chi connectivity index (χ0) is 17.0. The van der Waals surface area contributed by atoms with Crippen LogP contribution >= 0.6 is 11.6 Å². The molecule has 2 rings (SSSR count). The fraction of sp³-hybridized carbons (Fsp3) is 0.312. The fourth-order valence-electron chi connectivity index (χ4n) is 2.11. The molecule has 1 aromatic carbocycles. The minimum atomic E-state index is -1.05. The third kappa shape index (κ3) is 4.10. The van der Waals surface area contributed by atoms with Crippen LogP contribution < -0.4 is 5.32 Å². The number of nitrogens with one attached hydrogen (secondary N) is 1. The molecule has 0 radical (unpaired) electrons. The summed E-state index contributed by atoms with van der Waals surface area (Å²) in [6, 6.07) is 7.64. The molecule has 2 aromatic rings. The zero-order valence-electron chi connectivity index (χ0n) is 12.9. The summed E-state index contributed by atoms with van der Waals surface area (Å²) in [6.07, 6.45) is 2.27. The number of carboxylic acids is 1. The molecule has 23 heavy (non-hydrogen) atoms. The number of carbonyl (C=O) groups is 2. The number of rotatable bonds is 6. The molecule has 2 N–H and O–H groups in total. The van der Waals surface area contributed by atoms with Gasteiger partial charge in [-0.25, -0.2) is 9.48 Å². The number of aromatic nitrogens is 2. The first-order chi connectivity index (χ1) is 10.9. The van der Waals surface area contributed by atoms with Crippen molar-refractivity contribution in [1.29, 1.82) is 0 Å². The van der Waals surface area contributed by atoms with Gasteiger partial charge in [-0.3, -0.25) is 4.79 Å². The molecule has 0 fully saturated rings. The number of carbonyl (C=O) groups excluding carboxylic acids is 1. The van der Waals surface area contributed by atoms with E-state index in [1.165, 1.54) is 10.7 Å². The van der Waals surface area contributed by atoms with Crippen LogP contribution in [0.4, 0.5) is 0 Å². The van der Waals surface area contributed by atoms with E-state index in [0.29, 0.717) is 17.1 Å². The van der Waals surface area contributed by atoms with E-state index < -0.39 is 17.9 Å². The molecule has 2 atom stereocenters. The second-order valence-corrected chi connectivity index (χ2v) is 5.74. The topological polar surface area (TPSA) is 84.2 Å². The quantitative estimate of drug-likeness (QED) is 0.850. The molecule has 0 saturated heterocycles. The Morgan fingerprint density at radius 3 is 2.74 bits per heavy atom. The van der Waals surface area contributed by atoms with Crippen LogP contribution in [0.15, 0.2) is 36.5 Å². The largest absolute Gasteiger partial charge is 0.480 e. The van der Waals surface area contributed by atoms with Gasteiger partial charge in [-0.05, 0) is 30.2 Å². The maximum Gasteiger partial charge on any atom is 0.326 e. The molecule has 2 unspecified atom stereocenters. The van der Waals surface area contributed by atoms with Crippen molar-refractivity contribution in [2.45, 2.75) is 26.3 Å². The van der Waals surface area contributed by atoms with Gasteiger partial charge in [0, 0.05) is 11.2 Å². The number of benzene rings is 1. The van der Waals surface area contributed by atoms with E-state index in [1.54, 1.807) is 37.4 Å². The Morgan fingerprint density at radius 1 is 1.39 bits per heavy atom. The molecule has 7 heteroatoms.